The summed E-state index contributed by atoms with van der Waals surface area (Å²) >= 11 is 0. The second kappa shape index (κ2) is 5.58. The zero-order chi connectivity index (χ0) is 13.9. The first-order valence-corrected chi connectivity index (χ1v) is 6.85. The molecule has 0 spiro atoms. The topological polar surface area (TPSA) is 12.0 Å². The van der Waals surface area contributed by atoms with E-state index in [2.05, 4.69) is 74.6 Å². The molecule has 0 aliphatic carbocycles. The maximum atomic E-state index is 3.17. The zero-order valence-corrected chi connectivity index (χ0v) is 12.3. The van der Waals surface area contributed by atoms with E-state index in [0.717, 1.165) is 6.54 Å². The molecule has 0 fully saturated rings. The molecule has 100 valence electrons. The first-order valence-electron chi connectivity index (χ1n) is 6.85. The van der Waals surface area contributed by atoms with Crippen molar-refractivity contribution in [2.75, 3.05) is 7.05 Å². The van der Waals surface area contributed by atoms with Crippen molar-refractivity contribution < 1.29 is 0 Å². The molecule has 2 rings (SSSR count). The van der Waals surface area contributed by atoms with Crippen LogP contribution in [0.15, 0.2) is 48.5 Å². The SMILES string of the molecule is CNCc1ccc(-c2ccc(C(C)(C)C)cc2)cc1. The fourth-order valence-electron chi connectivity index (χ4n) is 2.18. The molecule has 2 aromatic rings. The highest BCUT2D eigenvalue weighted by Crippen LogP contribution is 2.26. The predicted molar refractivity (Wildman–Crippen MR) is 83.3 cm³/mol. The molecule has 0 saturated carbocycles. The minimum atomic E-state index is 0.217. The normalized spacial score (nSPS) is 11.6. The summed E-state index contributed by atoms with van der Waals surface area (Å²) < 4.78 is 0. The molecule has 1 N–H and O–H groups in total. The summed E-state index contributed by atoms with van der Waals surface area (Å²) in [5.41, 5.74) is 5.47. The third kappa shape index (κ3) is 3.45. The first-order chi connectivity index (χ1) is 9.00. The highest BCUT2D eigenvalue weighted by atomic mass is 14.8. The van der Waals surface area contributed by atoms with Crippen LogP contribution in [-0.2, 0) is 12.0 Å². The van der Waals surface area contributed by atoms with Gasteiger partial charge in [-0.15, -0.1) is 0 Å². The molecule has 2 aromatic carbocycles. The minimum absolute atomic E-state index is 0.217. The summed E-state index contributed by atoms with van der Waals surface area (Å²) in [6, 6.07) is 17.7. The van der Waals surface area contributed by atoms with Gasteiger partial charge in [-0.1, -0.05) is 69.3 Å². The Morgan fingerprint density at radius 3 is 1.68 bits per heavy atom. The molecule has 0 bridgehead atoms. The molecule has 0 aliphatic rings. The molecule has 0 aromatic heterocycles. The fourth-order valence-corrected chi connectivity index (χ4v) is 2.18. The largest absolute Gasteiger partial charge is 0.316 e. The quantitative estimate of drug-likeness (QED) is 0.856. The number of nitrogens with one attached hydrogen (secondary N) is 1. The van der Waals surface area contributed by atoms with E-state index >= 15 is 0 Å². The standard InChI is InChI=1S/C18H23N/c1-18(2,3)17-11-9-16(10-12-17)15-7-5-14(6-8-15)13-19-4/h5-12,19H,13H2,1-4H3. The van der Waals surface area contributed by atoms with Crippen LogP contribution in [0.2, 0.25) is 0 Å². The van der Waals surface area contributed by atoms with E-state index in [1.165, 1.54) is 22.3 Å². The lowest BCUT2D eigenvalue weighted by molar-refractivity contribution is 0.590. The van der Waals surface area contributed by atoms with Crippen molar-refractivity contribution in [2.45, 2.75) is 32.7 Å². The van der Waals surface area contributed by atoms with Crippen molar-refractivity contribution in [3.63, 3.8) is 0 Å². The third-order valence-electron chi connectivity index (χ3n) is 3.42. The molecule has 19 heavy (non-hydrogen) atoms. The van der Waals surface area contributed by atoms with Crippen LogP contribution in [0.25, 0.3) is 11.1 Å². The van der Waals surface area contributed by atoms with E-state index in [1.807, 2.05) is 7.05 Å². The van der Waals surface area contributed by atoms with Gasteiger partial charge in [0.05, 0.1) is 0 Å². The molecule has 0 saturated heterocycles. The van der Waals surface area contributed by atoms with Crippen LogP contribution in [-0.4, -0.2) is 7.05 Å². The molecule has 1 nitrogen and oxygen atoms in total. The maximum absolute atomic E-state index is 3.17. The van der Waals surface area contributed by atoms with Gasteiger partial charge in [0, 0.05) is 6.54 Å². The molecule has 0 amide bonds. The summed E-state index contributed by atoms with van der Waals surface area (Å²) in [4.78, 5) is 0. The van der Waals surface area contributed by atoms with Crippen LogP contribution in [0.4, 0.5) is 0 Å². The average molecular weight is 253 g/mol. The summed E-state index contributed by atoms with van der Waals surface area (Å²) in [5.74, 6) is 0. The Bertz CT molecular complexity index is 515. The molecular formula is C18H23N. The Morgan fingerprint density at radius 2 is 1.26 bits per heavy atom. The van der Waals surface area contributed by atoms with E-state index in [4.69, 9.17) is 0 Å². The zero-order valence-electron chi connectivity index (χ0n) is 12.3. The molecule has 0 radical (unpaired) electrons. The maximum Gasteiger partial charge on any atom is 0.0202 e. The van der Waals surface area contributed by atoms with Crippen LogP contribution in [0.1, 0.15) is 31.9 Å². The molecule has 0 unspecified atom stereocenters. The Morgan fingerprint density at radius 1 is 0.789 bits per heavy atom. The Kier molecular flexibility index (Phi) is 4.06. The lowest BCUT2D eigenvalue weighted by Crippen LogP contribution is -2.10. The highest BCUT2D eigenvalue weighted by molar-refractivity contribution is 5.64. The van der Waals surface area contributed by atoms with Gasteiger partial charge in [0.15, 0.2) is 0 Å². The Labute approximate surface area is 116 Å². The second-order valence-electron chi connectivity index (χ2n) is 6.05. The van der Waals surface area contributed by atoms with Crippen molar-refractivity contribution in [2.24, 2.45) is 0 Å². The molecule has 0 heterocycles. The second-order valence-corrected chi connectivity index (χ2v) is 6.05. The predicted octanol–water partition coefficient (Wildman–Crippen LogP) is 4.37. The highest BCUT2D eigenvalue weighted by Gasteiger charge is 2.12. The van der Waals surface area contributed by atoms with E-state index in [0.29, 0.717) is 0 Å². The average Bonchev–Trinajstić information content (AvgIpc) is 2.39. The van der Waals surface area contributed by atoms with Crippen molar-refractivity contribution in [3.05, 3.63) is 59.7 Å². The number of benzene rings is 2. The number of rotatable bonds is 3. The van der Waals surface area contributed by atoms with Crippen LogP contribution >= 0.6 is 0 Å². The van der Waals surface area contributed by atoms with Gasteiger partial charge in [-0.05, 0) is 34.7 Å². The van der Waals surface area contributed by atoms with Gasteiger partial charge in [-0.2, -0.15) is 0 Å². The van der Waals surface area contributed by atoms with Gasteiger partial charge >= 0.3 is 0 Å². The van der Waals surface area contributed by atoms with Gasteiger partial charge in [0.2, 0.25) is 0 Å². The summed E-state index contributed by atoms with van der Waals surface area (Å²) in [5, 5.41) is 3.17. The van der Waals surface area contributed by atoms with Gasteiger partial charge in [-0.25, -0.2) is 0 Å². The molecule has 0 atom stereocenters. The van der Waals surface area contributed by atoms with E-state index in [-0.39, 0.29) is 5.41 Å². The molecular weight excluding hydrogens is 230 g/mol. The first kappa shape index (κ1) is 13.8. The van der Waals surface area contributed by atoms with Gasteiger partial charge in [0.1, 0.15) is 0 Å². The lowest BCUT2D eigenvalue weighted by atomic mass is 9.86. The monoisotopic (exact) mass is 253 g/mol. The molecule has 0 aliphatic heterocycles. The van der Waals surface area contributed by atoms with Crippen molar-refractivity contribution >= 4 is 0 Å². The van der Waals surface area contributed by atoms with Crippen LogP contribution in [0.5, 0.6) is 0 Å². The van der Waals surface area contributed by atoms with Crippen molar-refractivity contribution in [1.82, 2.24) is 5.32 Å². The van der Waals surface area contributed by atoms with Crippen molar-refractivity contribution in [3.8, 4) is 11.1 Å². The Hall–Kier alpha value is -1.60. The third-order valence-corrected chi connectivity index (χ3v) is 3.42. The van der Waals surface area contributed by atoms with Crippen LogP contribution in [0.3, 0.4) is 0 Å². The van der Waals surface area contributed by atoms with E-state index in [9.17, 15) is 0 Å². The summed E-state index contributed by atoms with van der Waals surface area (Å²) in [7, 11) is 1.97. The van der Waals surface area contributed by atoms with Crippen molar-refractivity contribution in [1.29, 1.82) is 0 Å². The summed E-state index contributed by atoms with van der Waals surface area (Å²) in [6.07, 6.45) is 0. The number of hydrogen-bond donors (Lipinski definition) is 1. The van der Waals surface area contributed by atoms with Gasteiger partial charge in [0.25, 0.3) is 0 Å². The molecule has 1 heteroatoms. The van der Waals surface area contributed by atoms with Crippen LogP contribution < -0.4 is 5.32 Å². The van der Waals surface area contributed by atoms with E-state index < -0.39 is 0 Å². The van der Waals surface area contributed by atoms with Crippen LogP contribution in [0, 0.1) is 0 Å². The lowest BCUT2D eigenvalue weighted by Gasteiger charge is -2.19. The summed E-state index contributed by atoms with van der Waals surface area (Å²) in [6.45, 7) is 7.65. The minimum Gasteiger partial charge on any atom is -0.316 e. The number of hydrogen-bond acceptors (Lipinski definition) is 1. The Balaban J connectivity index is 2.22. The smallest absolute Gasteiger partial charge is 0.0202 e. The fraction of sp³-hybridized carbons (Fsp3) is 0.333. The van der Waals surface area contributed by atoms with E-state index in [1.54, 1.807) is 0 Å². The van der Waals surface area contributed by atoms with Gasteiger partial charge < -0.3 is 5.32 Å². The van der Waals surface area contributed by atoms with Gasteiger partial charge in [-0.3, -0.25) is 0 Å².